The number of rotatable bonds is 7. The van der Waals surface area contributed by atoms with Crippen LogP contribution in [0.15, 0.2) is 24.3 Å². The Balaban J connectivity index is 2.48. The zero-order chi connectivity index (χ0) is 13.5. The van der Waals surface area contributed by atoms with E-state index in [1.165, 1.54) is 0 Å². The van der Waals surface area contributed by atoms with Crippen molar-refractivity contribution in [2.75, 3.05) is 13.1 Å². The van der Waals surface area contributed by atoms with Crippen LogP contribution in [0, 0.1) is 11.8 Å². The maximum atomic E-state index is 11.1. The number of amides is 1. The van der Waals surface area contributed by atoms with Gasteiger partial charge in [0.2, 0.25) is 5.91 Å². The van der Waals surface area contributed by atoms with Gasteiger partial charge in [0.1, 0.15) is 0 Å². The molecule has 5 N–H and O–H groups in total. The highest BCUT2D eigenvalue weighted by atomic mass is 16.1. The second-order valence-corrected chi connectivity index (χ2v) is 4.94. The van der Waals surface area contributed by atoms with Crippen molar-refractivity contribution in [3.8, 4) is 0 Å². The lowest BCUT2D eigenvalue weighted by atomic mass is 9.96. The number of primary amides is 1. The number of benzene rings is 1. The summed E-state index contributed by atoms with van der Waals surface area (Å²) >= 11 is 0. The van der Waals surface area contributed by atoms with Crippen molar-refractivity contribution < 1.29 is 4.79 Å². The first-order valence-electron chi connectivity index (χ1n) is 6.34. The minimum absolute atomic E-state index is 0.390. The van der Waals surface area contributed by atoms with E-state index in [2.05, 4.69) is 19.2 Å². The first-order valence-corrected chi connectivity index (χ1v) is 6.34. The van der Waals surface area contributed by atoms with Crippen LogP contribution in [0.25, 0.3) is 0 Å². The molecule has 1 atom stereocenters. The Morgan fingerprint density at radius 2 is 2.11 bits per heavy atom. The molecule has 100 valence electrons. The van der Waals surface area contributed by atoms with E-state index in [1.807, 2.05) is 18.2 Å². The Morgan fingerprint density at radius 3 is 2.67 bits per heavy atom. The van der Waals surface area contributed by atoms with E-state index in [0.717, 1.165) is 18.7 Å². The largest absolute Gasteiger partial charge is 0.366 e. The van der Waals surface area contributed by atoms with Crippen molar-refractivity contribution in [3.63, 3.8) is 0 Å². The summed E-state index contributed by atoms with van der Waals surface area (Å²) in [5.74, 6) is 0.655. The minimum Gasteiger partial charge on any atom is -0.366 e. The number of carbonyl (C=O) groups is 1. The Labute approximate surface area is 109 Å². The van der Waals surface area contributed by atoms with Crippen LogP contribution in [0.2, 0.25) is 0 Å². The standard InChI is InChI=1S/C14H23N3O/c1-10(2)13(7-15)9-17-8-11-4-3-5-12(6-11)14(16)18/h3-6,10,13,17H,7-9,15H2,1-2H3,(H2,16,18). The van der Waals surface area contributed by atoms with Crippen LogP contribution in [0.3, 0.4) is 0 Å². The van der Waals surface area contributed by atoms with Gasteiger partial charge >= 0.3 is 0 Å². The Hall–Kier alpha value is -1.39. The van der Waals surface area contributed by atoms with Crippen molar-refractivity contribution >= 4 is 5.91 Å². The molecule has 0 aliphatic carbocycles. The maximum absolute atomic E-state index is 11.1. The molecule has 0 heterocycles. The fourth-order valence-electron chi connectivity index (χ4n) is 1.83. The first-order chi connectivity index (χ1) is 8.54. The predicted molar refractivity (Wildman–Crippen MR) is 74.0 cm³/mol. The highest BCUT2D eigenvalue weighted by Crippen LogP contribution is 2.08. The molecule has 1 unspecified atom stereocenters. The van der Waals surface area contributed by atoms with Gasteiger partial charge in [-0.25, -0.2) is 0 Å². The van der Waals surface area contributed by atoms with Gasteiger partial charge < -0.3 is 16.8 Å². The normalized spacial score (nSPS) is 12.7. The van der Waals surface area contributed by atoms with Gasteiger partial charge in [-0.3, -0.25) is 4.79 Å². The number of carbonyl (C=O) groups excluding carboxylic acids is 1. The molecule has 1 aromatic rings. The molecule has 0 spiro atoms. The summed E-state index contributed by atoms with van der Waals surface area (Å²) in [6, 6.07) is 7.37. The second-order valence-electron chi connectivity index (χ2n) is 4.94. The van der Waals surface area contributed by atoms with Crippen LogP contribution in [-0.2, 0) is 6.54 Å². The summed E-state index contributed by atoms with van der Waals surface area (Å²) in [6.07, 6.45) is 0. The second kappa shape index (κ2) is 7.13. The van der Waals surface area contributed by atoms with E-state index in [9.17, 15) is 4.79 Å². The summed E-state index contributed by atoms with van der Waals surface area (Å²) in [7, 11) is 0. The monoisotopic (exact) mass is 249 g/mol. The van der Waals surface area contributed by atoms with Gasteiger partial charge in [0.25, 0.3) is 0 Å². The molecule has 0 aliphatic rings. The van der Waals surface area contributed by atoms with Gasteiger partial charge in [0, 0.05) is 12.1 Å². The molecule has 0 aromatic heterocycles. The summed E-state index contributed by atoms with van der Waals surface area (Å²) < 4.78 is 0. The molecule has 18 heavy (non-hydrogen) atoms. The molecular formula is C14H23N3O. The molecule has 0 saturated carbocycles. The van der Waals surface area contributed by atoms with Gasteiger partial charge in [0.15, 0.2) is 0 Å². The van der Waals surface area contributed by atoms with Crippen LogP contribution in [0.4, 0.5) is 0 Å². The van der Waals surface area contributed by atoms with Crippen molar-refractivity contribution in [1.82, 2.24) is 5.32 Å². The van der Waals surface area contributed by atoms with Crippen molar-refractivity contribution in [3.05, 3.63) is 35.4 Å². The summed E-state index contributed by atoms with van der Waals surface area (Å²) in [6.45, 7) is 6.64. The Kier molecular flexibility index (Phi) is 5.82. The van der Waals surface area contributed by atoms with Gasteiger partial charge in [-0.1, -0.05) is 26.0 Å². The van der Waals surface area contributed by atoms with E-state index in [-0.39, 0.29) is 5.91 Å². The zero-order valence-corrected chi connectivity index (χ0v) is 11.1. The molecule has 1 aromatic carbocycles. The molecule has 0 fully saturated rings. The van der Waals surface area contributed by atoms with Crippen molar-refractivity contribution in [1.29, 1.82) is 0 Å². The summed E-state index contributed by atoms with van der Waals surface area (Å²) in [5, 5.41) is 3.37. The maximum Gasteiger partial charge on any atom is 0.248 e. The SMILES string of the molecule is CC(C)C(CN)CNCc1cccc(C(N)=O)c1. The summed E-state index contributed by atoms with van der Waals surface area (Å²) in [5.41, 5.74) is 12.6. The Morgan fingerprint density at radius 1 is 1.39 bits per heavy atom. The third kappa shape index (κ3) is 4.47. The average Bonchev–Trinajstić information content (AvgIpc) is 2.34. The van der Waals surface area contributed by atoms with E-state index in [4.69, 9.17) is 11.5 Å². The number of nitrogens with one attached hydrogen (secondary N) is 1. The van der Waals surface area contributed by atoms with Gasteiger partial charge in [0.05, 0.1) is 0 Å². The third-order valence-electron chi connectivity index (χ3n) is 3.19. The molecular weight excluding hydrogens is 226 g/mol. The van der Waals surface area contributed by atoms with Crippen LogP contribution >= 0.6 is 0 Å². The predicted octanol–water partition coefficient (Wildman–Crippen LogP) is 1.11. The van der Waals surface area contributed by atoms with E-state index < -0.39 is 0 Å². The van der Waals surface area contributed by atoms with Crippen molar-refractivity contribution in [2.24, 2.45) is 23.3 Å². The molecule has 0 bridgehead atoms. The molecule has 0 aliphatic heterocycles. The van der Waals surface area contributed by atoms with Crippen LogP contribution in [0.1, 0.15) is 29.8 Å². The van der Waals surface area contributed by atoms with Gasteiger partial charge in [-0.15, -0.1) is 0 Å². The average molecular weight is 249 g/mol. The highest BCUT2D eigenvalue weighted by Gasteiger charge is 2.10. The molecule has 4 nitrogen and oxygen atoms in total. The van der Waals surface area contributed by atoms with Crippen LogP contribution < -0.4 is 16.8 Å². The number of nitrogens with two attached hydrogens (primary N) is 2. The Bertz CT molecular complexity index is 390. The summed E-state index contributed by atoms with van der Waals surface area (Å²) in [4.78, 5) is 11.1. The topological polar surface area (TPSA) is 81.1 Å². The van der Waals surface area contributed by atoms with E-state index in [0.29, 0.717) is 23.9 Å². The molecule has 1 rings (SSSR count). The first kappa shape index (κ1) is 14.7. The molecule has 1 amide bonds. The third-order valence-corrected chi connectivity index (χ3v) is 3.19. The lowest BCUT2D eigenvalue weighted by Crippen LogP contribution is -2.31. The highest BCUT2D eigenvalue weighted by molar-refractivity contribution is 5.92. The minimum atomic E-state index is -0.390. The lowest BCUT2D eigenvalue weighted by molar-refractivity contribution is 0.1000. The lowest BCUT2D eigenvalue weighted by Gasteiger charge is -2.19. The molecule has 4 heteroatoms. The van der Waals surface area contributed by atoms with Crippen LogP contribution in [-0.4, -0.2) is 19.0 Å². The van der Waals surface area contributed by atoms with E-state index >= 15 is 0 Å². The van der Waals surface area contributed by atoms with Gasteiger partial charge in [-0.05, 0) is 42.6 Å². The van der Waals surface area contributed by atoms with E-state index in [1.54, 1.807) is 6.07 Å². The fourth-order valence-corrected chi connectivity index (χ4v) is 1.83. The smallest absolute Gasteiger partial charge is 0.248 e. The van der Waals surface area contributed by atoms with Crippen LogP contribution in [0.5, 0.6) is 0 Å². The van der Waals surface area contributed by atoms with Crippen molar-refractivity contribution in [2.45, 2.75) is 20.4 Å². The van der Waals surface area contributed by atoms with Gasteiger partial charge in [-0.2, -0.15) is 0 Å². The number of hydrogen-bond acceptors (Lipinski definition) is 3. The molecule has 0 radical (unpaired) electrons. The zero-order valence-electron chi connectivity index (χ0n) is 11.1. The number of hydrogen-bond donors (Lipinski definition) is 3. The fraction of sp³-hybridized carbons (Fsp3) is 0.500. The molecule has 0 saturated heterocycles. The quantitative estimate of drug-likeness (QED) is 0.677.